The molecule has 0 aliphatic carbocycles. The molecule has 0 aliphatic rings. The van der Waals surface area contributed by atoms with Crippen LogP contribution in [0, 0.1) is 0 Å². The molecule has 0 spiro atoms. The summed E-state index contributed by atoms with van der Waals surface area (Å²) >= 11 is 0. The molecule has 0 radical (unpaired) electrons. The molecule has 2 atom stereocenters. The molecule has 0 bridgehead atoms. The molecule has 0 unspecified atom stereocenters. The number of nitrogens with two attached hydrogens (primary N) is 1. The normalized spacial score (nSPS) is 14.2. The van der Waals surface area contributed by atoms with Gasteiger partial charge >= 0.3 is 12.3 Å². The van der Waals surface area contributed by atoms with Crippen LogP contribution in [0.5, 0.6) is 0 Å². The fraction of sp³-hybridized carbons (Fsp3) is 0.409. The van der Waals surface area contributed by atoms with Gasteiger partial charge < -0.3 is 20.9 Å². The second-order valence-electron chi connectivity index (χ2n) is 8.09. The highest BCUT2D eigenvalue weighted by Crippen LogP contribution is 2.36. The van der Waals surface area contributed by atoms with Crippen molar-refractivity contribution in [3.05, 3.63) is 59.2 Å². The van der Waals surface area contributed by atoms with Crippen LogP contribution in [-0.4, -0.2) is 23.4 Å². The van der Waals surface area contributed by atoms with Crippen LogP contribution >= 0.6 is 0 Å². The Hall–Kier alpha value is -2.58. The summed E-state index contributed by atoms with van der Waals surface area (Å²) in [4.78, 5) is 12.2. The second-order valence-corrected chi connectivity index (χ2v) is 8.09. The SMILES string of the molecule is C[C@@H](N)c1ccc(-c2cc(C(F)(F)F)ccc2[C@@H](CO)NC(=O)OC(C)(C)C)cc1. The van der Waals surface area contributed by atoms with Gasteiger partial charge in [-0.25, -0.2) is 4.79 Å². The minimum atomic E-state index is -4.54. The maximum atomic E-state index is 13.3. The molecular formula is C22H27F3N2O3. The van der Waals surface area contributed by atoms with Gasteiger partial charge in [-0.3, -0.25) is 0 Å². The number of aliphatic hydroxyl groups is 1. The van der Waals surface area contributed by atoms with Crippen LogP contribution in [0.3, 0.4) is 0 Å². The number of amides is 1. The highest BCUT2D eigenvalue weighted by molar-refractivity contribution is 5.72. The van der Waals surface area contributed by atoms with Crippen molar-refractivity contribution in [1.82, 2.24) is 5.32 Å². The van der Waals surface area contributed by atoms with E-state index < -0.39 is 36.1 Å². The number of aliphatic hydroxyl groups excluding tert-OH is 1. The van der Waals surface area contributed by atoms with Crippen molar-refractivity contribution in [2.45, 2.75) is 51.6 Å². The third-order valence-corrected chi connectivity index (χ3v) is 4.38. The van der Waals surface area contributed by atoms with Crippen molar-refractivity contribution < 1.29 is 27.8 Å². The van der Waals surface area contributed by atoms with Gasteiger partial charge in [-0.05, 0) is 62.1 Å². The molecule has 1 amide bonds. The maximum Gasteiger partial charge on any atom is 0.416 e. The van der Waals surface area contributed by atoms with Crippen molar-refractivity contribution in [3.63, 3.8) is 0 Å². The Balaban J connectivity index is 2.50. The summed E-state index contributed by atoms with van der Waals surface area (Å²) in [7, 11) is 0. The smallest absolute Gasteiger partial charge is 0.416 e. The Morgan fingerprint density at radius 2 is 1.73 bits per heavy atom. The predicted octanol–water partition coefficient (Wildman–Crippen LogP) is 4.95. The standard InChI is InChI=1S/C22H27F3N2O3/c1-13(26)14-5-7-15(8-6-14)18-11-16(22(23,24)25)9-10-17(18)19(12-28)27-20(29)30-21(2,3)4/h5-11,13,19,28H,12,26H2,1-4H3,(H,27,29)/t13-,19-/m1/s1. The Morgan fingerprint density at radius 3 is 2.20 bits per heavy atom. The number of alkyl halides is 3. The van der Waals surface area contributed by atoms with Crippen LogP contribution in [0.15, 0.2) is 42.5 Å². The van der Waals surface area contributed by atoms with Crippen molar-refractivity contribution in [2.75, 3.05) is 6.61 Å². The first kappa shape index (κ1) is 23.7. The number of nitrogens with one attached hydrogen (secondary N) is 1. The number of benzene rings is 2. The lowest BCUT2D eigenvalue weighted by atomic mass is 9.92. The molecule has 30 heavy (non-hydrogen) atoms. The van der Waals surface area contributed by atoms with Gasteiger partial charge in [0.15, 0.2) is 0 Å². The van der Waals surface area contributed by atoms with Crippen molar-refractivity contribution in [3.8, 4) is 11.1 Å². The Labute approximate surface area is 174 Å². The molecule has 0 saturated heterocycles. The van der Waals surface area contributed by atoms with Crippen LogP contribution in [0.4, 0.5) is 18.0 Å². The minimum Gasteiger partial charge on any atom is -0.444 e. The summed E-state index contributed by atoms with van der Waals surface area (Å²) in [5.74, 6) is 0. The Morgan fingerprint density at radius 1 is 1.13 bits per heavy atom. The van der Waals surface area contributed by atoms with Crippen molar-refractivity contribution in [2.24, 2.45) is 5.73 Å². The van der Waals surface area contributed by atoms with Crippen LogP contribution < -0.4 is 11.1 Å². The van der Waals surface area contributed by atoms with Crippen molar-refractivity contribution in [1.29, 1.82) is 0 Å². The molecule has 164 valence electrons. The molecule has 0 aliphatic heterocycles. The summed E-state index contributed by atoms with van der Waals surface area (Å²) < 4.78 is 45.1. The largest absolute Gasteiger partial charge is 0.444 e. The highest BCUT2D eigenvalue weighted by atomic mass is 19.4. The molecular weight excluding hydrogens is 397 g/mol. The number of carbonyl (C=O) groups is 1. The van der Waals surface area contributed by atoms with Crippen LogP contribution in [0.2, 0.25) is 0 Å². The number of ether oxygens (including phenoxy) is 1. The summed E-state index contributed by atoms with van der Waals surface area (Å²) in [6, 6.07) is 8.82. The quantitative estimate of drug-likeness (QED) is 0.634. The number of carbonyl (C=O) groups excluding carboxylic acids is 1. The summed E-state index contributed by atoms with van der Waals surface area (Å²) in [5, 5.41) is 12.4. The van der Waals surface area contributed by atoms with E-state index >= 15 is 0 Å². The lowest BCUT2D eigenvalue weighted by Gasteiger charge is -2.25. The van der Waals surface area contributed by atoms with Crippen molar-refractivity contribution >= 4 is 6.09 Å². The van der Waals surface area contributed by atoms with Gasteiger partial charge in [0.1, 0.15) is 5.60 Å². The molecule has 8 heteroatoms. The summed E-state index contributed by atoms with van der Waals surface area (Å²) in [6.07, 6.45) is -5.31. The summed E-state index contributed by atoms with van der Waals surface area (Å²) in [5.41, 5.74) is 6.18. The number of halogens is 3. The van der Waals surface area contributed by atoms with Gasteiger partial charge in [-0.15, -0.1) is 0 Å². The van der Waals surface area contributed by atoms with Crippen LogP contribution in [-0.2, 0) is 10.9 Å². The van der Waals surface area contributed by atoms with Gasteiger partial charge in [0.25, 0.3) is 0 Å². The monoisotopic (exact) mass is 424 g/mol. The zero-order valence-corrected chi connectivity index (χ0v) is 17.4. The number of alkyl carbamates (subject to hydrolysis) is 1. The second kappa shape index (κ2) is 9.06. The zero-order valence-electron chi connectivity index (χ0n) is 17.4. The van der Waals surface area contributed by atoms with Crippen LogP contribution in [0.25, 0.3) is 11.1 Å². The Kier molecular flexibility index (Phi) is 7.15. The van der Waals surface area contributed by atoms with Gasteiger partial charge in [0, 0.05) is 6.04 Å². The first-order valence-electron chi connectivity index (χ1n) is 9.49. The van der Waals surface area contributed by atoms with E-state index in [1.54, 1.807) is 52.0 Å². The molecule has 2 aromatic carbocycles. The molecule has 4 N–H and O–H groups in total. The lowest BCUT2D eigenvalue weighted by Crippen LogP contribution is -2.36. The molecule has 0 aromatic heterocycles. The van der Waals surface area contributed by atoms with E-state index in [1.807, 2.05) is 0 Å². The molecule has 0 saturated carbocycles. The molecule has 0 fully saturated rings. The molecule has 2 rings (SSSR count). The third kappa shape index (κ3) is 6.21. The molecule has 2 aromatic rings. The number of rotatable bonds is 5. The fourth-order valence-electron chi connectivity index (χ4n) is 2.92. The summed E-state index contributed by atoms with van der Waals surface area (Å²) in [6.45, 7) is 6.34. The zero-order chi connectivity index (χ0) is 22.7. The van der Waals surface area contributed by atoms with E-state index in [1.165, 1.54) is 6.07 Å². The first-order chi connectivity index (χ1) is 13.8. The van der Waals surface area contributed by atoms with E-state index in [9.17, 15) is 23.1 Å². The lowest BCUT2D eigenvalue weighted by molar-refractivity contribution is -0.137. The van der Waals surface area contributed by atoms with Crippen LogP contribution in [0.1, 0.15) is 56.5 Å². The van der Waals surface area contributed by atoms with E-state index in [0.717, 1.165) is 17.7 Å². The van der Waals surface area contributed by atoms with E-state index in [2.05, 4.69) is 5.32 Å². The average Bonchev–Trinajstić information content (AvgIpc) is 2.63. The van der Waals surface area contributed by atoms with Gasteiger partial charge in [0.05, 0.1) is 18.2 Å². The fourth-order valence-corrected chi connectivity index (χ4v) is 2.92. The van der Waals surface area contributed by atoms with Gasteiger partial charge in [0.2, 0.25) is 0 Å². The third-order valence-electron chi connectivity index (χ3n) is 4.38. The molecule has 5 nitrogen and oxygen atoms in total. The first-order valence-corrected chi connectivity index (χ1v) is 9.49. The van der Waals surface area contributed by atoms with E-state index in [0.29, 0.717) is 11.1 Å². The van der Waals surface area contributed by atoms with Gasteiger partial charge in [-0.1, -0.05) is 30.3 Å². The predicted molar refractivity (Wildman–Crippen MR) is 109 cm³/mol. The Bertz CT molecular complexity index is 873. The topological polar surface area (TPSA) is 84.6 Å². The number of hydrogen-bond acceptors (Lipinski definition) is 4. The minimum absolute atomic E-state index is 0.223. The van der Waals surface area contributed by atoms with E-state index in [-0.39, 0.29) is 11.6 Å². The maximum absolute atomic E-state index is 13.3. The number of hydrogen-bond donors (Lipinski definition) is 3. The molecule has 0 heterocycles. The van der Waals surface area contributed by atoms with Gasteiger partial charge in [-0.2, -0.15) is 13.2 Å². The highest BCUT2D eigenvalue weighted by Gasteiger charge is 2.32. The average molecular weight is 424 g/mol. The van der Waals surface area contributed by atoms with E-state index in [4.69, 9.17) is 10.5 Å².